The molecule has 1 aliphatic rings. The van der Waals surface area contributed by atoms with Gasteiger partial charge in [0, 0.05) is 17.8 Å². The zero-order valence-corrected chi connectivity index (χ0v) is 10.2. The van der Waals surface area contributed by atoms with Gasteiger partial charge in [-0.15, -0.1) is 0 Å². The first-order valence-electron chi connectivity index (χ1n) is 5.86. The summed E-state index contributed by atoms with van der Waals surface area (Å²) in [5, 5.41) is 0. The van der Waals surface area contributed by atoms with Crippen molar-refractivity contribution < 1.29 is 0 Å². The van der Waals surface area contributed by atoms with Crippen LogP contribution in [0.25, 0.3) is 0 Å². The van der Waals surface area contributed by atoms with E-state index in [0.717, 1.165) is 24.3 Å². The molecule has 92 valence electrons. The Kier molecular flexibility index (Phi) is 2.33. The maximum atomic E-state index is 5.89. The zero-order valence-electron chi connectivity index (χ0n) is 10.2. The molecule has 0 saturated carbocycles. The van der Waals surface area contributed by atoms with Crippen LogP contribution < -0.4 is 16.4 Å². The lowest BCUT2D eigenvalue weighted by atomic mass is 10.2. The highest BCUT2D eigenvalue weighted by Crippen LogP contribution is 2.30. The van der Waals surface area contributed by atoms with Gasteiger partial charge in [0.1, 0.15) is 5.82 Å². The van der Waals surface area contributed by atoms with Gasteiger partial charge in [-0.1, -0.05) is 12.1 Å². The predicted octanol–water partition coefficient (Wildman–Crippen LogP) is 1.47. The molecule has 0 radical (unpaired) electrons. The molecule has 1 aliphatic heterocycles. The van der Waals surface area contributed by atoms with E-state index in [9.17, 15) is 0 Å². The summed E-state index contributed by atoms with van der Waals surface area (Å²) in [5.41, 5.74) is 15.8. The molecule has 1 aromatic carbocycles. The van der Waals surface area contributed by atoms with Gasteiger partial charge in [-0.3, -0.25) is 0 Å². The second-order valence-electron chi connectivity index (χ2n) is 4.59. The van der Waals surface area contributed by atoms with E-state index < -0.39 is 0 Å². The van der Waals surface area contributed by atoms with E-state index in [0.29, 0.717) is 5.82 Å². The van der Waals surface area contributed by atoms with Gasteiger partial charge in [0.05, 0.1) is 12.2 Å². The number of rotatable bonds is 1. The SMILES string of the molecule is Cc1cccc(N2Cc3nc(N)nc(N)c3C2)c1. The monoisotopic (exact) mass is 241 g/mol. The predicted molar refractivity (Wildman–Crippen MR) is 71.9 cm³/mol. The fourth-order valence-corrected chi connectivity index (χ4v) is 2.31. The molecule has 0 saturated heterocycles. The van der Waals surface area contributed by atoms with Gasteiger partial charge in [-0.2, -0.15) is 4.98 Å². The number of anilines is 3. The summed E-state index contributed by atoms with van der Waals surface area (Å²) >= 11 is 0. The Morgan fingerprint density at radius 2 is 2.00 bits per heavy atom. The fourth-order valence-electron chi connectivity index (χ4n) is 2.31. The van der Waals surface area contributed by atoms with E-state index in [1.54, 1.807) is 0 Å². The van der Waals surface area contributed by atoms with Crippen molar-refractivity contribution in [2.24, 2.45) is 0 Å². The third-order valence-corrected chi connectivity index (χ3v) is 3.20. The number of aryl methyl sites for hydroxylation is 1. The van der Waals surface area contributed by atoms with Crippen molar-refractivity contribution in [1.82, 2.24) is 9.97 Å². The van der Waals surface area contributed by atoms with Crippen molar-refractivity contribution in [2.45, 2.75) is 20.0 Å². The van der Waals surface area contributed by atoms with E-state index in [4.69, 9.17) is 11.5 Å². The number of benzene rings is 1. The molecule has 3 rings (SSSR count). The van der Waals surface area contributed by atoms with Gasteiger partial charge in [-0.05, 0) is 24.6 Å². The average Bonchev–Trinajstić information content (AvgIpc) is 2.73. The Morgan fingerprint density at radius 1 is 1.17 bits per heavy atom. The second kappa shape index (κ2) is 3.87. The summed E-state index contributed by atoms with van der Waals surface area (Å²) in [6.45, 7) is 3.56. The van der Waals surface area contributed by atoms with Crippen LogP contribution in [0.4, 0.5) is 17.5 Å². The summed E-state index contributed by atoms with van der Waals surface area (Å²) in [6, 6.07) is 8.38. The summed E-state index contributed by atoms with van der Waals surface area (Å²) in [7, 11) is 0. The molecule has 0 bridgehead atoms. The summed E-state index contributed by atoms with van der Waals surface area (Å²) in [5.74, 6) is 0.741. The molecule has 18 heavy (non-hydrogen) atoms. The molecule has 0 fully saturated rings. The van der Waals surface area contributed by atoms with Crippen molar-refractivity contribution in [1.29, 1.82) is 0 Å². The lowest BCUT2D eigenvalue weighted by Crippen LogP contribution is -2.14. The molecule has 0 atom stereocenters. The van der Waals surface area contributed by atoms with Gasteiger partial charge >= 0.3 is 0 Å². The molecule has 0 amide bonds. The number of hydrogen-bond acceptors (Lipinski definition) is 5. The van der Waals surface area contributed by atoms with Crippen LogP contribution in [0.1, 0.15) is 16.8 Å². The maximum Gasteiger partial charge on any atom is 0.222 e. The number of nitrogen functional groups attached to an aromatic ring is 2. The van der Waals surface area contributed by atoms with Crippen LogP contribution in [0.2, 0.25) is 0 Å². The first kappa shape index (κ1) is 10.8. The van der Waals surface area contributed by atoms with Gasteiger partial charge in [0.2, 0.25) is 5.95 Å². The fraction of sp³-hybridized carbons (Fsp3) is 0.231. The Hall–Kier alpha value is -2.30. The number of aromatic nitrogens is 2. The molecule has 4 N–H and O–H groups in total. The average molecular weight is 241 g/mol. The zero-order chi connectivity index (χ0) is 12.7. The van der Waals surface area contributed by atoms with Crippen LogP contribution in [0.3, 0.4) is 0 Å². The standard InChI is InChI=1S/C13H15N5/c1-8-3-2-4-9(5-8)18-6-10-11(7-18)16-13(15)17-12(10)14/h2-5H,6-7H2,1H3,(H4,14,15,16,17). The minimum absolute atomic E-state index is 0.248. The minimum Gasteiger partial charge on any atom is -0.383 e. The number of nitrogens with zero attached hydrogens (tertiary/aromatic N) is 3. The third-order valence-electron chi connectivity index (χ3n) is 3.20. The van der Waals surface area contributed by atoms with Crippen molar-refractivity contribution in [3.63, 3.8) is 0 Å². The van der Waals surface area contributed by atoms with Crippen LogP contribution in [0.15, 0.2) is 24.3 Å². The largest absolute Gasteiger partial charge is 0.383 e. The molecule has 2 aromatic rings. The minimum atomic E-state index is 0.248. The summed E-state index contributed by atoms with van der Waals surface area (Å²) in [6.07, 6.45) is 0. The lowest BCUT2D eigenvalue weighted by Gasteiger charge is -2.17. The summed E-state index contributed by atoms with van der Waals surface area (Å²) < 4.78 is 0. The number of nitrogens with two attached hydrogens (primary N) is 2. The van der Waals surface area contributed by atoms with Crippen LogP contribution in [0, 0.1) is 6.92 Å². The smallest absolute Gasteiger partial charge is 0.222 e. The summed E-state index contributed by atoms with van der Waals surface area (Å²) in [4.78, 5) is 10.5. The Labute approximate surface area is 105 Å². The quantitative estimate of drug-likeness (QED) is 0.790. The lowest BCUT2D eigenvalue weighted by molar-refractivity contribution is 0.870. The first-order chi connectivity index (χ1) is 8.63. The Balaban J connectivity index is 1.96. The highest BCUT2D eigenvalue weighted by atomic mass is 15.2. The Morgan fingerprint density at radius 3 is 2.78 bits per heavy atom. The van der Waals surface area contributed by atoms with Crippen LogP contribution in [-0.2, 0) is 13.1 Å². The first-order valence-corrected chi connectivity index (χ1v) is 5.86. The molecule has 1 aromatic heterocycles. The molecular weight excluding hydrogens is 226 g/mol. The Bertz CT molecular complexity index is 608. The maximum absolute atomic E-state index is 5.89. The van der Waals surface area contributed by atoms with Gasteiger partial charge in [0.15, 0.2) is 0 Å². The van der Waals surface area contributed by atoms with Crippen molar-refractivity contribution in [3.05, 3.63) is 41.1 Å². The second-order valence-corrected chi connectivity index (χ2v) is 4.59. The van der Waals surface area contributed by atoms with Crippen molar-refractivity contribution in [2.75, 3.05) is 16.4 Å². The third kappa shape index (κ3) is 1.73. The van der Waals surface area contributed by atoms with Crippen molar-refractivity contribution >= 4 is 17.5 Å². The molecule has 0 aliphatic carbocycles. The van der Waals surface area contributed by atoms with E-state index in [2.05, 4.69) is 46.1 Å². The van der Waals surface area contributed by atoms with Crippen LogP contribution in [0.5, 0.6) is 0 Å². The molecule has 5 nitrogen and oxygen atoms in total. The van der Waals surface area contributed by atoms with Crippen LogP contribution >= 0.6 is 0 Å². The van der Waals surface area contributed by atoms with E-state index in [1.807, 2.05) is 0 Å². The van der Waals surface area contributed by atoms with Gasteiger partial charge in [0.25, 0.3) is 0 Å². The molecule has 0 unspecified atom stereocenters. The molecule has 0 spiro atoms. The topological polar surface area (TPSA) is 81.1 Å². The van der Waals surface area contributed by atoms with Crippen LogP contribution in [-0.4, -0.2) is 9.97 Å². The van der Waals surface area contributed by atoms with Gasteiger partial charge < -0.3 is 16.4 Å². The van der Waals surface area contributed by atoms with Gasteiger partial charge in [-0.25, -0.2) is 4.98 Å². The van der Waals surface area contributed by atoms with E-state index in [1.165, 1.54) is 11.3 Å². The molecule has 2 heterocycles. The molecule has 5 heteroatoms. The molecular formula is C13H15N5. The highest BCUT2D eigenvalue weighted by Gasteiger charge is 2.24. The number of hydrogen-bond donors (Lipinski definition) is 2. The normalized spacial score (nSPS) is 13.7. The van der Waals surface area contributed by atoms with E-state index >= 15 is 0 Å². The highest BCUT2D eigenvalue weighted by molar-refractivity contribution is 5.57. The van der Waals surface area contributed by atoms with E-state index in [-0.39, 0.29) is 5.95 Å². The number of fused-ring (bicyclic) bond motifs is 1. The van der Waals surface area contributed by atoms with Crippen molar-refractivity contribution in [3.8, 4) is 0 Å².